The van der Waals surface area contributed by atoms with Gasteiger partial charge >= 0.3 is 6.03 Å². The van der Waals surface area contributed by atoms with Crippen molar-refractivity contribution in [2.24, 2.45) is 5.92 Å². The van der Waals surface area contributed by atoms with E-state index in [-0.39, 0.29) is 24.0 Å². The van der Waals surface area contributed by atoms with Gasteiger partial charge in [0.05, 0.1) is 30.8 Å². The van der Waals surface area contributed by atoms with Crippen LogP contribution in [0.5, 0.6) is 0 Å². The molecule has 2 aliphatic heterocycles. The Hall–Kier alpha value is -3.54. The van der Waals surface area contributed by atoms with E-state index in [0.717, 1.165) is 31.6 Å². The van der Waals surface area contributed by atoms with Crippen molar-refractivity contribution in [2.75, 3.05) is 50.0 Å². The molecule has 3 amide bonds. The summed E-state index contributed by atoms with van der Waals surface area (Å²) in [6.07, 6.45) is 7.48. The number of amides is 3. The summed E-state index contributed by atoms with van der Waals surface area (Å²) in [5.74, 6) is 1.90. The van der Waals surface area contributed by atoms with Crippen molar-refractivity contribution >= 4 is 23.8 Å². The number of aromatic nitrogens is 5. The number of imidazole rings is 1. The molecule has 5 rings (SSSR count). The minimum atomic E-state index is -0.140. The normalized spacial score (nSPS) is 21.7. The lowest BCUT2D eigenvalue weighted by Crippen LogP contribution is -2.48. The molecule has 1 N–H and O–H groups in total. The summed E-state index contributed by atoms with van der Waals surface area (Å²) in [6.45, 7) is 11.8. The van der Waals surface area contributed by atoms with Crippen LogP contribution >= 0.6 is 0 Å². The van der Waals surface area contributed by atoms with Crippen molar-refractivity contribution in [1.82, 2.24) is 39.2 Å². The first-order valence-corrected chi connectivity index (χ1v) is 12.5. The maximum absolute atomic E-state index is 12.8. The smallest absolute Gasteiger partial charge is 0.327 e. The lowest BCUT2D eigenvalue weighted by atomic mass is 10.2. The number of carbonyl (C=O) groups is 2. The predicted molar refractivity (Wildman–Crippen MR) is 134 cm³/mol. The first-order chi connectivity index (χ1) is 17.3. The largest absolute Gasteiger partial charge is 0.346 e. The number of nitrogens with zero attached hydrogens (tertiary/aromatic N) is 9. The Kier molecular flexibility index (Phi) is 6.61. The highest BCUT2D eigenvalue weighted by Crippen LogP contribution is 2.39. The van der Waals surface area contributed by atoms with E-state index in [9.17, 15) is 9.59 Å². The highest BCUT2D eigenvalue weighted by molar-refractivity contribution is 5.93. The number of urea groups is 1. The molecule has 2 saturated heterocycles. The van der Waals surface area contributed by atoms with E-state index in [1.54, 1.807) is 9.80 Å². The Balaban J connectivity index is 1.23. The molecule has 36 heavy (non-hydrogen) atoms. The number of anilines is 2. The minimum absolute atomic E-state index is 0.0135. The first kappa shape index (κ1) is 24.2. The van der Waals surface area contributed by atoms with Gasteiger partial charge in [0.1, 0.15) is 5.82 Å². The minimum Gasteiger partial charge on any atom is -0.346 e. The summed E-state index contributed by atoms with van der Waals surface area (Å²) in [5, 5.41) is 3.33. The highest BCUT2D eigenvalue weighted by Gasteiger charge is 2.46. The van der Waals surface area contributed by atoms with Crippen molar-refractivity contribution in [1.29, 1.82) is 0 Å². The van der Waals surface area contributed by atoms with E-state index >= 15 is 0 Å². The molecular weight excluding hydrogens is 460 g/mol. The second kappa shape index (κ2) is 9.84. The number of carbonyl (C=O) groups excluding carboxylic acids is 2. The maximum atomic E-state index is 12.8. The fourth-order valence-corrected chi connectivity index (χ4v) is 4.90. The fraction of sp³-hybridized carbons (Fsp3) is 0.583. The van der Waals surface area contributed by atoms with Crippen LogP contribution in [0.15, 0.2) is 25.2 Å². The zero-order chi connectivity index (χ0) is 25.4. The van der Waals surface area contributed by atoms with Crippen molar-refractivity contribution < 1.29 is 9.59 Å². The molecular formula is C24H34N10O2. The van der Waals surface area contributed by atoms with Crippen molar-refractivity contribution in [3.63, 3.8) is 0 Å². The van der Waals surface area contributed by atoms with Crippen LogP contribution in [0, 0.1) is 12.8 Å². The SMILES string of the molecule is C=CC(=O)N1CCN(Cn2cnc([C@H](C)Nc3nc(C)nc(N4C(=O)N(C)C[C@@H]4C4CC4)n3)c2)CC1. The number of likely N-dealkylation sites (N-methyl/N-ethyl adjacent to an activating group) is 1. The van der Waals surface area contributed by atoms with E-state index in [1.165, 1.54) is 6.08 Å². The molecule has 192 valence electrons. The summed E-state index contributed by atoms with van der Waals surface area (Å²) in [5.41, 5.74) is 0.864. The summed E-state index contributed by atoms with van der Waals surface area (Å²) >= 11 is 0. The van der Waals surface area contributed by atoms with Crippen LogP contribution in [0.2, 0.25) is 0 Å². The number of nitrogens with one attached hydrogen (secondary N) is 1. The van der Waals surface area contributed by atoms with Gasteiger partial charge in [-0.3, -0.25) is 14.6 Å². The van der Waals surface area contributed by atoms with E-state index in [4.69, 9.17) is 0 Å². The molecule has 0 aromatic carbocycles. The molecule has 2 aromatic rings. The van der Waals surface area contributed by atoms with E-state index < -0.39 is 0 Å². The Morgan fingerprint density at radius 2 is 1.97 bits per heavy atom. The highest BCUT2D eigenvalue weighted by atomic mass is 16.2. The number of piperazine rings is 1. The third-order valence-corrected chi connectivity index (χ3v) is 7.11. The standard InChI is InChI=1S/C24H34N10O2/c1-5-21(35)33-10-8-31(9-11-33)15-32-12-19(25-14-32)16(2)26-22-27-17(3)28-23(29-22)34-20(18-6-7-18)13-30(4)24(34)36/h5,12,14,16,18,20H,1,6-11,13,15H2,2-4H3,(H,26,27,28,29)/t16-,20+/m0/s1. The molecule has 12 nitrogen and oxygen atoms in total. The Morgan fingerprint density at radius 1 is 1.22 bits per heavy atom. The Bertz CT molecular complexity index is 1140. The molecule has 0 bridgehead atoms. The van der Waals surface area contributed by atoms with Gasteiger partial charge in [-0.2, -0.15) is 15.0 Å². The molecule has 0 spiro atoms. The van der Waals surface area contributed by atoms with Crippen LogP contribution in [0.25, 0.3) is 0 Å². The Morgan fingerprint density at radius 3 is 2.67 bits per heavy atom. The zero-order valence-corrected chi connectivity index (χ0v) is 21.2. The molecule has 3 aliphatic rings. The molecule has 2 atom stereocenters. The summed E-state index contributed by atoms with van der Waals surface area (Å²) in [7, 11) is 1.82. The van der Waals surface area contributed by atoms with Crippen LogP contribution in [-0.4, -0.2) is 97.0 Å². The fourth-order valence-electron chi connectivity index (χ4n) is 4.90. The van der Waals surface area contributed by atoms with E-state index in [1.807, 2.05) is 42.9 Å². The number of hydrogen-bond acceptors (Lipinski definition) is 8. The molecule has 12 heteroatoms. The van der Waals surface area contributed by atoms with Gasteiger partial charge in [0.2, 0.25) is 17.8 Å². The van der Waals surface area contributed by atoms with E-state index in [2.05, 4.69) is 36.7 Å². The van der Waals surface area contributed by atoms with Gasteiger partial charge < -0.3 is 19.7 Å². The third-order valence-electron chi connectivity index (χ3n) is 7.11. The lowest BCUT2D eigenvalue weighted by molar-refractivity contribution is -0.127. The van der Waals surface area contributed by atoms with Crippen LogP contribution in [0.4, 0.5) is 16.7 Å². The number of rotatable bonds is 8. The van der Waals surface area contributed by atoms with Gasteiger partial charge in [-0.05, 0) is 38.7 Å². The monoisotopic (exact) mass is 494 g/mol. The van der Waals surface area contributed by atoms with Gasteiger partial charge in [0, 0.05) is 46.0 Å². The van der Waals surface area contributed by atoms with Gasteiger partial charge in [-0.1, -0.05) is 6.58 Å². The van der Waals surface area contributed by atoms with Crippen LogP contribution < -0.4 is 10.2 Å². The molecule has 1 aliphatic carbocycles. The lowest BCUT2D eigenvalue weighted by Gasteiger charge is -2.34. The average Bonchev–Trinajstić information content (AvgIpc) is 3.53. The van der Waals surface area contributed by atoms with Gasteiger partial charge in [0.25, 0.3) is 0 Å². The molecule has 1 saturated carbocycles. The zero-order valence-electron chi connectivity index (χ0n) is 21.2. The van der Waals surface area contributed by atoms with Gasteiger partial charge in [-0.25, -0.2) is 9.78 Å². The number of hydrogen-bond donors (Lipinski definition) is 1. The van der Waals surface area contributed by atoms with Crippen LogP contribution in [-0.2, 0) is 11.5 Å². The topological polar surface area (TPSA) is 116 Å². The second-order valence-electron chi connectivity index (χ2n) is 9.91. The van der Waals surface area contributed by atoms with Crippen molar-refractivity contribution in [3.05, 3.63) is 36.7 Å². The molecule has 0 unspecified atom stereocenters. The Labute approximate surface area is 211 Å². The molecule has 4 heterocycles. The molecule has 2 aromatic heterocycles. The quantitative estimate of drug-likeness (QED) is 0.549. The first-order valence-electron chi connectivity index (χ1n) is 12.5. The van der Waals surface area contributed by atoms with E-state index in [0.29, 0.717) is 49.9 Å². The molecule has 0 radical (unpaired) electrons. The summed E-state index contributed by atoms with van der Waals surface area (Å²) < 4.78 is 2.04. The number of aryl methyl sites for hydroxylation is 1. The van der Waals surface area contributed by atoms with Crippen LogP contribution in [0.3, 0.4) is 0 Å². The second-order valence-corrected chi connectivity index (χ2v) is 9.91. The van der Waals surface area contributed by atoms with Gasteiger partial charge in [-0.15, -0.1) is 0 Å². The van der Waals surface area contributed by atoms with Crippen LogP contribution in [0.1, 0.15) is 37.3 Å². The van der Waals surface area contributed by atoms with Crippen molar-refractivity contribution in [3.8, 4) is 0 Å². The summed E-state index contributed by atoms with van der Waals surface area (Å²) in [6, 6.07) is -0.0916. The molecule has 3 fully saturated rings. The third kappa shape index (κ3) is 5.03. The average molecular weight is 495 g/mol. The maximum Gasteiger partial charge on any atom is 0.327 e. The van der Waals surface area contributed by atoms with Gasteiger partial charge in [0.15, 0.2) is 0 Å². The summed E-state index contributed by atoms with van der Waals surface area (Å²) in [4.78, 5) is 50.4. The van der Waals surface area contributed by atoms with Crippen molar-refractivity contribution in [2.45, 2.75) is 45.4 Å². The predicted octanol–water partition coefficient (Wildman–Crippen LogP) is 1.49.